The van der Waals surface area contributed by atoms with Gasteiger partial charge in [-0.3, -0.25) is 8.37 Å². The average Bonchev–Trinajstić information content (AvgIpc) is 3.03. The Labute approximate surface area is 308 Å². The zero-order chi connectivity index (χ0) is 37.7. The van der Waals surface area contributed by atoms with Gasteiger partial charge in [0.1, 0.15) is 0 Å². The summed E-state index contributed by atoms with van der Waals surface area (Å²) >= 11 is 0. The minimum Gasteiger partial charge on any atom is -0.393 e. The molecule has 2 aliphatic carbocycles. The number of aryl methyl sites for hydroxylation is 3. The van der Waals surface area contributed by atoms with Crippen LogP contribution in [0.5, 0.6) is 0 Å². The maximum Gasteiger partial charge on any atom is 0.297 e. The fourth-order valence-corrected chi connectivity index (χ4v) is 8.71. The van der Waals surface area contributed by atoms with E-state index >= 15 is 0 Å². The Hall–Kier alpha value is -2.36. The highest BCUT2D eigenvalue weighted by Crippen LogP contribution is 2.27. The Morgan fingerprint density at radius 2 is 0.725 bits per heavy atom. The van der Waals surface area contributed by atoms with E-state index in [1.165, 1.54) is 12.1 Å². The quantitative estimate of drug-likeness (QED) is 0.181. The Morgan fingerprint density at radius 3 is 1.00 bits per heavy atom. The minimum absolute atomic E-state index is 0.104. The van der Waals surface area contributed by atoms with Crippen molar-refractivity contribution in [3.63, 3.8) is 0 Å². The molecule has 10 nitrogen and oxygen atoms in total. The van der Waals surface area contributed by atoms with Gasteiger partial charge in [-0.1, -0.05) is 53.1 Å². The molecule has 2 N–H and O–H groups in total. The third-order valence-electron chi connectivity index (χ3n) is 8.70. The Bertz CT molecular complexity index is 1700. The van der Waals surface area contributed by atoms with Crippen LogP contribution in [0.15, 0.2) is 87.5 Å². The molecular formula is C37H51ClO10S3. The summed E-state index contributed by atoms with van der Waals surface area (Å²) in [4.78, 5) is 0.450. The zero-order valence-corrected chi connectivity index (χ0v) is 32.7. The first kappa shape index (κ1) is 43.0. The molecule has 2 saturated carbocycles. The van der Waals surface area contributed by atoms with Gasteiger partial charge in [-0.2, -0.15) is 16.8 Å². The lowest BCUT2D eigenvalue weighted by Gasteiger charge is -2.24. The van der Waals surface area contributed by atoms with Gasteiger partial charge < -0.3 is 10.2 Å². The number of rotatable bonds is 7. The number of aliphatic hydroxyl groups excluding tert-OH is 2. The molecule has 0 unspecified atom stereocenters. The standard InChI is InChI=1S/C22H28O6S2.C8H16O2.C7H7ClO2S/c1-17-9-13-21(14-10-17)29(23,24)27-19-5-3-7-20(8-4-6-19)28-30(25,26)22-15-11-18(2)12-16-22;9-7-3-1-4-8(10)6-2-5-7;1-6-2-4-7(5-3-6)11(8,9)10/h9-16,19-20H,3-8H2,1-2H3;7-10H,1-6H2;2-5H,1H3. The average molecular weight is 787 g/mol. The predicted molar refractivity (Wildman–Crippen MR) is 198 cm³/mol. The minimum atomic E-state index is -3.81. The monoisotopic (exact) mass is 786 g/mol. The van der Waals surface area contributed by atoms with Crippen LogP contribution in [0.1, 0.15) is 93.7 Å². The summed E-state index contributed by atoms with van der Waals surface area (Å²) in [5.74, 6) is 0. The van der Waals surface area contributed by atoms with Crippen LogP contribution in [0.4, 0.5) is 0 Å². The molecule has 3 aromatic rings. The van der Waals surface area contributed by atoms with E-state index in [0.717, 1.165) is 55.2 Å². The predicted octanol–water partition coefficient (Wildman–Crippen LogP) is 7.49. The second kappa shape index (κ2) is 20.2. The fourth-order valence-electron chi connectivity index (χ4n) is 5.67. The maximum atomic E-state index is 12.5. The molecule has 2 fully saturated rings. The summed E-state index contributed by atoms with van der Waals surface area (Å²) in [5, 5.41) is 18.4. The molecule has 0 heterocycles. The van der Waals surface area contributed by atoms with Crippen molar-refractivity contribution in [3.05, 3.63) is 89.5 Å². The molecule has 2 aliphatic rings. The topological polar surface area (TPSA) is 161 Å². The molecule has 0 spiro atoms. The van der Waals surface area contributed by atoms with Crippen molar-refractivity contribution in [2.45, 2.75) is 137 Å². The number of hydrogen-bond donors (Lipinski definition) is 2. The van der Waals surface area contributed by atoms with Crippen molar-refractivity contribution in [1.82, 2.24) is 0 Å². The molecule has 284 valence electrons. The van der Waals surface area contributed by atoms with Crippen LogP contribution < -0.4 is 0 Å². The van der Waals surface area contributed by atoms with Crippen LogP contribution in [-0.4, -0.2) is 59.9 Å². The van der Waals surface area contributed by atoms with Crippen molar-refractivity contribution in [1.29, 1.82) is 0 Å². The maximum absolute atomic E-state index is 12.5. The number of aliphatic hydroxyl groups is 2. The first-order chi connectivity index (χ1) is 23.9. The smallest absolute Gasteiger partial charge is 0.297 e. The van der Waals surface area contributed by atoms with E-state index in [1.807, 2.05) is 20.8 Å². The largest absolute Gasteiger partial charge is 0.393 e. The molecule has 0 bridgehead atoms. The first-order valence-corrected chi connectivity index (χ1v) is 22.4. The van der Waals surface area contributed by atoms with E-state index < -0.39 is 41.5 Å². The number of benzene rings is 3. The van der Waals surface area contributed by atoms with Gasteiger partial charge in [-0.25, -0.2) is 8.42 Å². The van der Waals surface area contributed by atoms with E-state index in [1.54, 1.807) is 60.7 Å². The molecule has 0 amide bonds. The summed E-state index contributed by atoms with van der Waals surface area (Å²) in [6, 6.07) is 19.5. The number of hydrogen-bond acceptors (Lipinski definition) is 10. The van der Waals surface area contributed by atoms with Gasteiger partial charge in [-0.05, 0) is 134 Å². The fraction of sp³-hybridized carbons (Fsp3) is 0.514. The zero-order valence-electron chi connectivity index (χ0n) is 29.5. The van der Waals surface area contributed by atoms with Crippen LogP contribution in [-0.2, 0) is 37.7 Å². The van der Waals surface area contributed by atoms with Gasteiger partial charge in [0.15, 0.2) is 0 Å². The molecule has 0 atom stereocenters. The van der Waals surface area contributed by atoms with E-state index in [-0.39, 0.29) is 26.9 Å². The van der Waals surface area contributed by atoms with Gasteiger partial charge in [0.2, 0.25) is 0 Å². The summed E-state index contributed by atoms with van der Waals surface area (Å²) in [5.41, 5.74) is 2.96. The third kappa shape index (κ3) is 15.6. The van der Waals surface area contributed by atoms with Crippen LogP contribution >= 0.6 is 10.7 Å². The molecule has 5 rings (SSSR count). The van der Waals surface area contributed by atoms with Crippen LogP contribution in [0, 0.1) is 20.8 Å². The highest BCUT2D eigenvalue weighted by atomic mass is 35.7. The Morgan fingerprint density at radius 1 is 0.471 bits per heavy atom. The SMILES string of the molecule is Cc1ccc(S(=O)(=O)Cl)cc1.Cc1ccc(S(=O)(=O)OC2CCCC(OS(=O)(=O)c3ccc(C)cc3)CCC2)cc1.OC1CCCC(O)CCC1. The second-order valence-corrected chi connectivity index (χ2v) is 19.0. The normalized spacial score (nSPS) is 22.0. The summed E-state index contributed by atoms with van der Waals surface area (Å²) < 4.78 is 82.4. The molecule has 0 saturated heterocycles. The highest BCUT2D eigenvalue weighted by molar-refractivity contribution is 8.13. The van der Waals surface area contributed by atoms with Gasteiger partial charge in [0.25, 0.3) is 29.3 Å². The van der Waals surface area contributed by atoms with E-state index in [9.17, 15) is 35.5 Å². The van der Waals surface area contributed by atoms with Crippen molar-refractivity contribution < 1.29 is 43.8 Å². The van der Waals surface area contributed by atoms with E-state index in [2.05, 4.69) is 0 Å². The van der Waals surface area contributed by atoms with Crippen LogP contribution in [0.2, 0.25) is 0 Å². The molecule has 3 aromatic carbocycles. The molecule has 0 radical (unpaired) electrons. The highest BCUT2D eigenvalue weighted by Gasteiger charge is 2.27. The van der Waals surface area contributed by atoms with Crippen LogP contribution in [0.3, 0.4) is 0 Å². The third-order valence-corrected chi connectivity index (χ3v) is 12.8. The summed E-state index contributed by atoms with van der Waals surface area (Å²) in [6.07, 6.45) is 7.81. The Kier molecular flexibility index (Phi) is 17.0. The van der Waals surface area contributed by atoms with Gasteiger partial charge in [0.05, 0.1) is 39.1 Å². The lowest BCUT2D eigenvalue weighted by molar-refractivity contribution is 0.0953. The van der Waals surface area contributed by atoms with Gasteiger partial charge in [-0.15, -0.1) is 0 Å². The van der Waals surface area contributed by atoms with Gasteiger partial charge >= 0.3 is 0 Å². The first-order valence-electron chi connectivity index (χ1n) is 17.3. The molecule has 14 heteroatoms. The molecular weight excluding hydrogens is 736 g/mol. The molecule has 51 heavy (non-hydrogen) atoms. The summed E-state index contributed by atoms with van der Waals surface area (Å²) in [6.45, 7) is 5.66. The van der Waals surface area contributed by atoms with Crippen LogP contribution in [0.25, 0.3) is 0 Å². The lowest BCUT2D eigenvalue weighted by atomic mass is 9.97. The van der Waals surface area contributed by atoms with Crippen molar-refractivity contribution in [3.8, 4) is 0 Å². The molecule has 0 aliphatic heterocycles. The second-order valence-electron chi connectivity index (χ2n) is 13.3. The van der Waals surface area contributed by atoms with Crippen molar-refractivity contribution >= 4 is 40.0 Å². The van der Waals surface area contributed by atoms with E-state index in [4.69, 9.17) is 19.0 Å². The lowest BCUT2D eigenvalue weighted by Crippen LogP contribution is -2.25. The molecule has 0 aromatic heterocycles. The van der Waals surface area contributed by atoms with E-state index in [0.29, 0.717) is 38.5 Å². The van der Waals surface area contributed by atoms with Gasteiger partial charge in [0, 0.05) is 10.7 Å². The van der Waals surface area contributed by atoms with Crippen molar-refractivity contribution in [2.75, 3.05) is 0 Å². The summed E-state index contributed by atoms with van der Waals surface area (Å²) in [7, 11) is -6.09. The number of halogens is 1. The Balaban J connectivity index is 0.000000271. The van der Waals surface area contributed by atoms with Crippen molar-refractivity contribution in [2.24, 2.45) is 0 Å².